The summed E-state index contributed by atoms with van der Waals surface area (Å²) in [6.07, 6.45) is 3.81. The van der Waals surface area contributed by atoms with Crippen molar-refractivity contribution in [3.05, 3.63) is 24.0 Å². The Hall–Kier alpha value is -1.14. The minimum Gasteiger partial charge on any atom is -0.495 e. The van der Waals surface area contributed by atoms with Crippen LogP contribution in [0.5, 0.6) is 5.75 Å². The zero-order chi connectivity index (χ0) is 15.4. The molecule has 1 unspecified atom stereocenters. The van der Waals surface area contributed by atoms with Crippen LogP contribution in [0.4, 0.5) is 0 Å². The molecule has 1 aromatic heterocycles. The first-order chi connectivity index (χ1) is 9.25. The molecule has 0 aliphatic carbocycles. The van der Waals surface area contributed by atoms with Crippen molar-refractivity contribution in [1.82, 2.24) is 10.3 Å². The predicted molar refractivity (Wildman–Crippen MR) is 80.7 cm³/mol. The van der Waals surface area contributed by atoms with E-state index in [4.69, 9.17) is 4.74 Å². The number of sulfone groups is 1. The first-order valence-electron chi connectivity index (χ1n) is 6.67. The normalized spacial score (nSPS) is 14.1. The topological polar surface area (TPSA) is 68.3 Å². The van der Waals surface area contributed by atoms with E-state index in [1.165, 1.54) is 6.26 Å². The molecule has 5 nitrogen and oxygen atoms in total. The second-order valence-corrected chi connectivity index (χ2v) is 7.95. The molecule has 0 amide bonds. The quantitative estimate of drug-likeness (QED) is 0.833. The molecule has 1 aromatic rings. The highest BCUT2D eigenvalue weighted by Gasteiger charge is 2.41. The van der Waals surface area contributed by atoms with Gasteiger partial charge in [-0.2, -0.15) is 0 Å². The van der Waals surface area contributed by atoms with Gasteiger partial charge in [-0.25, -0.2) is 8.42 Å². The fourth-order valence-corrected chi connectivity index (χ4v) is 2.59. The van der Waals surface area contributed by atoms with Crippen LogP contribution >= 0.6 is 0 Å². The Kier molecular flexibility index (Phi) is 5.53. The van der Waals surface area contributed by atoms with Crippen LogP contribution < -0.4 is 10.1 Å². The minimum atomic E-state index is -3.26. The average Bonchev–Trinajstić information content (AvgIpc) is 2.38. The van der Waals surface area contributed by atoms with Gasteiger partial charge in [0, 0.05) is 12.5 Å². The first-order valence-corrected chi connectivity index (χ1v) is 8.56. The molecule has 6 heteroatoms. The molecule has 0 aliphatic heterocycles. The van der Waals surface area contributed by atoms with Crippen LogP contribution in [0.25, 0.3) is 0 Å². The fraction of sp³-hybridized carbons (Fsp3) is 0.643. The van der Waals surface area contributed by atoms with Gasteiger partial charge in [-0.1, -0.05) is 6.92 Å². The number of hydrogen-bond donors (Lipinski definition) is 1. The summed E-state index contributed by atoms with van der Waals surface area (Å²) < 4.78 is 28.6. The van der Waals surface area contributed by atoms with E-state index in [9.17, 15) is 8.42 Å². The molecule has 20 heavy (non-hydrogen) atoms. The summed E-state index contributed by atoms with van der Waals surface area (Å²) in [4.78, 5) is 4.33. The van der Waals surface area contributed by atoms with E-state index in [0.717, 1.165) is 6.42 Å². The largest absolute Gasteiger partial charge is 0.495 e. The van der Waals surface area contributed by atoms with Crippen LogP contribution in [-0.4, -0.2) is 38.1 Å². The molecule has 0 fully saturated rings. The van der Waals surface area contributed by atoms with Crippen molar-refractivity contribution in [2.75, 3.05) is 19.9 Å². The molecule has 1 heterocycles. The van der Waals surface area contributed by atoms with E-state index >= 15 is 0 Å². The van der Waals surface area contributed by atoms with Crippen molar-refractivity contribution in [2.24, 2.45) is 0 Å². The highest BCUT2D eigenvalue weighted by molar-refractivity contribution is 7.92. The average molecular weight is 300 g/mol. The SMILES string of the molecule is CCCNC(c1ncccc1OC)C(C)(C)S(C)(=O)=O. The van der Waals surface area contributed by atoms with Crippen molar-refractivity contribution < 1.29 is 13.2 Å². The maximum atomic E-state index is 12.1. The van der Waals surface area contributed by atoms with Crippen LogP contribution in [0.1, 0.15) is 38.9 Å². The third-order valence-electron chi connectivity index (χ3n) is 3.54. The van der Waals surface area contributed by atoms with Gasteiger partial charge < -0.3 is 10.1 Å². The van der Waals surface area contributed by atoms with Gasteiger partial charge in [-0.15, -0.1) is 0 Å². The van der Waals surface area contributed by atoms with E-state index in [1.54, 1.807) is 39.3 Å². The van der Waals surface area contributed by atoms with Crippen molar-refractivity contribution >= 4 is 9.84 Å². The van der Waals surface area contributed by atoms with Gasteiger partial charge in [-0.3, -0.25) is 4.98 Å². The highest BCUT2D eigenvalue weighted by atomic mass is 32.2. The number of pyridine rings is 1. The summed E-state index contributed by atoms with van der Waals surface area (Å²) in [6.45, 7) is 6.17. The zero-order valence-electron chi connectivity index (χ0n) is 12.8. The second-order valence-electron chi connectivity index (χ2n) is 5.35. The van der Waals surface area contributed by atoms with E-state index in [-0.39, 0.29) is 0 Å². The number of hydrogen-bond acceptors (Lipinski definition) is 5. The molecule has 1 atom stereocenters. The zero-order valence-corrected chi connectivity index (χ0v) is 13.6. The number of aromatic nitrogens is 1. The van der Waals surface area contributed by atoms with Gasteiger partial charge in [0.15, 0.2) is 9.84 Å². The number of nitrogens with zero attached hydrogens (tertiary/aromatic N) is 1. The molecule has 0 aliphatic rings. The maximum Gasteiger partial charge on any atom is 0.154 e. The van der Waals surface area contributed by atoms with Crippen LogP contribution in [0.15, 0.2) is 18.3 Å². The summed E-state index contributed by atoms with van der Waals surface area (Å²) in [5, 5.41) is 3.29. The fourth-order valence-electron chi connectivity index (χ4n) is 1.97. The van der Waals surface area contributed by atoms with E-state index in [2.05, 4.69) is 10.3 Å². The van der Waals surface area contributed by atoms with Gasteiger partial charge in [0.25, 0.3) is 0 Å². The van der Waals surface area contributed by atoms with Gasteiger partial charge in [-0.05, 0) is 38.9 Å². The Labute approximate surface area is 121 Å². The molecular formula is C14H24N2O3S. The van der Waals surface area contributed by atoms with E-state index in [1.807, 2.05) is 6.92 Å². The first kappa shape index (κ1) is 16.9. The second kappa shape index (κ2) is 6.54. The van der Waals surface area contributed by atoms with Crippen molar-refractivity contribution in [3.8, 4) is 5.75 Å². The molecule has 1 N–H and O–H groups in total. The monoisotopic (exact) mass is 300 g/mol. The van der Waals surface area contributed by atoms with Gasteiger partial charge in [0.1, 0.15) is 11.4 Å². The van der Waals surface area contributed by atoms with Crippen LogP contribution in [0, 0.1) is 0 Å². The highest BCUT2D eigenvalue weighted by Crippen LogP contribution is 2.35. The Bertz CT molecular complexity index is 541. The van der Waals surface area contributed by atoms with Crippen LogP contribution in [0.3, 0.4) is 0 Å². The molecule has 0 saturated heterocycles. The Balaban J connectivity index is 3.32. The number of rotatable bonds is 7. The molecule has 0 saturated carbocycles. The van der Waals surface area contributed by atoms with Crippen LogP contribution in [0.2, 0.25) is 0 Å². The molecule has 0 bridgehead atoms. The summed E-state index contributed by atoms with van der Waals surface area (Å²) in [5.41, 5.74) is 0.624. The van der Waals surface area contributed by atoms with Crippen molar-refractivity contribution in [2.45, 2.75) is 38.0 Å². The number of nitrogens with one attached hydrogen (secondary N) is 1. The summed E-state index contributed by atoms with van der Waals surface area (Å²) in [5.74, 6) is 0.595. The predicted octanol–water partition coefficient (Wildman–Crippen LogP) is 1.95. The third-order valence-corrected chi connectivity index (χ3v) is 5.69. The summed E-state index contributed by atoms with van der Waals surface area (Å²) in [6, 6.07) is 3.14. The molecule has 114 valence electrons. The van der Waals surface area contributed by atoms with Crippen molar-refractivity contribution in [1.29, 1.82) is 0 Å². The van der Waals surface area contributed by atoms with Crippen LogP contribution in [-0.2, 0) is 9.84 Å². The molecule has 0 aromatic carbocycles. The Morgan fingerprint density at radius 3 is 2.60 bits per heavy atom. The molecule has 0 radical (unpaired) electrons. The lowest BCUT2D eigenvalue weighted by molar-refractivity contribution is 0.369. The maximum absolute atomic E-state index is 12.1. The lowest BCUT2D eigenvalue weighted by atomic mass is 9.98. The minimum absolute atomic E-state index is 0.423. The summed E-state index contributed by atoms with van der Waals surface area (Å²) in [7, 11) is -1.70. The summed E-state index contributed by atoms with van der Waals surface area (Å²) >= 11 is 0. The van der Waals surface area contributed by atoms with Crippen molar-refractivity contribution in [3.63, 3.8) is 0 Å². The van der Waals surface area contributed by atoms with Gasteiger partial charge in [0.2, 0.25) is 0 Å². The molecule has 0 spiro atoms. The number of methoxy groups -OCH3 is 1. The standard InChI is InChI=1S/C14H24N2O3S/c1-6-9-16-13(14(2,3)20(5,17)18)12-11(19-4)8-7-10-15-12/h7-8,10,13,16H,6,9H2,1-5H3. The molecule has 1 rings (SSSR count). The Morgan fingerprint density at radius 2 is 2.10 bits per heavy atom. The van der Waals surface area contributed by atoms with Gasteiger partial charge in [0.05, 0.1) is 17.9 Å². The van der Waals surface area contributed by atoms with Gasteiger partial charge >= 0.3 is 0 Å². The molecular weight excluding hydrogens is 276 g/mol. The lowest BCUT2D eigenvalue weighted by Crippen LogP contribution is -2.45. The van der Waals surface area contributed by atoms with E-state index in [0.29, 0.717) is 18.0 Å². The van der Waals surface area contributed by atoms with E-state index < -0.39 is 20.6 Å². The smallest absolute Gasteiger partial charge is 0.154 e. The third kappa shape index (κ3) is 3.49. The lowest BCUT2D eigenvalue weighted by Gasteiger charge is -2.33. The number of ether oxygens (including phenoxy) is 1. The Morgan fingerprint density at radius 1 is 1.45 bits per heavy atom.